The summed E-state index contributed by atoms with van der Waals surface area (Å²) in [7, 11) is 6.07. The van der Waals surface area contributed by atoms with Gasteiger partial charge in [-0.25, -0.2) is 49.8 Å². The van der Waals surface area contributed by atoms with Gasteiger partial charge in [-0.2, -0.15) is 19.9 Å². The molecule has 15 heterocycles. The number of fused-ring (bicyclic) bond motifs is 8. The molecule has 0 fully saturated rings. The molecule has 0 bridgehead atoms. The van der Waals surface area contributed by atoms with E-state index in [0.717, 1.165) is 123 Å². The highest BCUT2D eigenvalue weighted by Gasteiger charge is 2.28. The summed E-state index contributed by atoms with van der Waals surface area (Å²) in [5.41, 5.74) is 17.7. The Morgan fingerprint density at radius 1 is 0.309 bits per heavy atom. The van der Waals surface area contributed by atoms with Crippen LogP contribution in [0.2, 0.25) is 5.02 Å². The number of rotatable bonds is 23. The molecule has 149 heavy (non-hydrogen) atoms. The monoisotopic (exact) mass is 1990 g/mol. The summed E-state index contributed by atoms with van der Waals surface area (Å²) < 4.78 is 27.8. The highest BCUT2D eigenvalue weighted by molar-refractivity contribution is 6.35. The number of nitrogens with one attached hydrogen (secondary N) is 3. The third-order valence-corrected chi connectivity index (χ3v) is 25.6. The predicted octanol–water partition coefficient (Wildman–Crippen LogP) is 20.9. The van der Waals surface area contributed by atoms with E-state index in [1.165, 1.54) is 41.1 Å². The molecular formula is C115H94ClN25O8. The summed E-state index contributed by atoms with van der Waals surface area (Å²) in [6.45, 7) is 12.0. The summed E-state index contributed by atoms with van der Waals surface area (Å²) in [4.78, 5) is 136. The van der Waals surface area contributed by atoms with Crippen LogP contribution in [-0.4, -0.2) is 136 Å². The molecule has 0 aliphatic heterocycles. The molecule has 23 rings (SSSR count). The largest absolute Gasteiger partial charge is 0.467 e. The van der Waals surface area contributed by atoms with Gasteiger partial charge in [0.1, 0.15) is 40.5 Å². The van der Waals surface area contributed by atoms with Crippen molar-refractivity contribution < 1.29 is 18.9 Å². The maximum atomic E-state index is 14.4. The van der Waals surface area contributed by atoms with Gasteiger partial charge in [0.25, 0.3) is 22.2 Å². The first-order valence-corrected chi connectivity index (χ1v) is 48.0. The predicted molar refractivity (Wildman–Crippen MR) is 580 cm³/mol. The minimum atomic E-state index is -0.352. The average Bonchev–Trinajstić information content (AvgIpc) is 0.747. The van der Waals surface area contributed by atoms with E-state index in [9.17, 15) is 19.2 Å². The third kappa shape index (κ3) is 20.1. The number of anilines is 3. The number of para-hydroxylation sites is 3. The summed E-state index contributed by atoms with van der Waals surface area (Å²) in [5, 5.41) is 16.3. The Morgan fingerprint density at radius 2 is 0.671 bits per heavy atom. The van der Waals surface area contributed by atoms with Gasteiger partial charge in [0.15, 0.2) is 17.5 Å². The van der Waals surface area contributed by atoms with Gasteiger partial charge < -0.3 is 34.9 Å². The molecule has 0 saturated heterocycles. The van der Waals surface area contributed by atoms with Crippen molar-refractivity contribution in [2.24, 2.45) is 0 Å². The van der Waals surface area contributed by atoms with Crippen molar-refractivity contribution in [1.82, 2.24) is 108 Å². The highest BCUT2D eigenvalue weighted by atomic mass is 35.5. The second kappa shape index (κ2) is 43.1. The maximum absolute atomic E-state index is 14.4. The van der Waals surface area contributed by atoms with Crippen LogP contribution >= 0.6 is 11.6 Å². The van der Waals surface area contributed by atoms with Crippen molar-refractivity contribution in [1.29, 1.82) is 0 Å². The SMILES string of the molecule is COc1nc(N[C@@H](C)c2cc3cccc(Cl)c3c(=O)n2-c2ccccc2)c2ncccc2n1.COc1ncc(-c2cccc3cc([C@H](C)Nc4nc(OC)nc5cccnc45)n(-c4ccccc4)c(=O)c23)cn1.COc1ncc(-c2cccc3cc([C@H](C)Nc4ncnc5cccnc45)n(-c4cccc(C)c4)c(=O)c23)cn1.Cc1nc(C[C@@H](C)c2cc3cccc(-c4cncnc4)c3c(=O)n2-c2ccccc2)c2ncccc2n1. The first-order valence-electron chi connectivity index (χ1n) is 47.7. The number of methoxy groups -OCH3 is 4. The lowest BCUT2D eigenvalue weighted by Crippen LogP contribution is -2.26. The van der Waals surface area contributed by atoms with E-state index in [4.69, 9.17) is 35.5 Å². The molecule has 34 heteroatoms. The zero-order valence-electron chi connectivity index (χ0n) is 82.3. The Bertz CT molecular complexity index is 9220. The molecule has 23 aromatic rings. The summed E-state index contributed by atoms with van der Waals surface area (Å²) in [6, 6.07) is 82.7. The lowest BCUT2D eigenvalue weighted by molar-refractivity contribution is 0.380. The fourth-order valence-corrected chi connectivity index (χ4v) is 18.7. The molecule has 0 aliphatic carbocycles. The highest BCUT2D eigenvalue weighted by Crippen LogP contribution is 2.39. The Hall–Kier alpha value is -19.3. The van der Waals surface area contributed by atoms with Crippen molar-refractivity contribution >= 4 is 116 Å². The summed E-state index contributed by atoms with van der Waals surface area (Å²) in [6.07, 6.45) is 20.6. The number of benzene rings is 8. The first-order chi connectivity index (χ1) is 72.8. The molecule has 0 radical (unpaired) electrons. The van der Waals surface area contributed by atoms with Crippen LogP contribution in [0, 0.1) is 13.8 Å². The van der Waals surface area contributed by atoms with Crippen LogP contribution in [0.4, 0.5) is 17.5 Å². The Labute approximate surface area is 856 Å². The Balaban J connectivity index is 0.000000121. The fraction of sp³-hybridized carbons (Fsp3) is 0.130. The van der Waals surface area contributed by atoms with Crippen LogP contribution in [-0.2, 0) is 6.42 Å². The average molecular weight is 1990 g/mol. The van der Waals surface area contributed by atoms with Crippen LogP contribution in [0.15, 0.2) is 355 Å². The number of hydrogen-bond donors (Lipinski definition) is 3. The van der Waals surface area contributed by atoms with Gasteiger partial charge in [0.2, 0.25) is 0 Å². The molecule has 33 nitrogen and oxygen atoms in total. The zero-order valence-corrected chi connectivity index (χ0v) is 83.0. The third-order valence-electron chi connectivity index (χ3n) is 25.3. The molecule has 8 aromatic carbocycles. The van der Waals surface area contributed by atoms with Gasteiger partial charge in [-0.3, -0.25) is 57.4 Å². The second-order valence-corrected chi connectivity index (χ2v) is 35.4. The molecule has 3 N–H and O–H groups in total. The number of pyridine rings is 8. The molecule has 0 saturated carbocycles. The van der Waals surface area contributed by atoms with Crippen LogP contribution < -0.4 is 57.1 Å². The van der Waals surface area contributed by atoms with Crippen molar-refractivity contribution in [2.75, 3.05) is 44.4 Å². The van der Waals surface area contributed by atoms with E-state index < -0.39 is 0 Å². The van der Waals surface area contributed by atoms with Gasteiger partial charge in [-0.05, 0) is 206 Å². The standard InChI is InChI=1S/C30H25N7O3.C30H25N7O2.C30H24N6O.C25H20ClN5O2/c1-18(34-27-26-23(13-8-14-31-26)35-30(36-27)40-3)24-15-19-9-7-12-22(20-16-32-29(39-2)33-17-20)25(19)28(38)37(24)21-10-5-4-6-11-21;1-18-7-4-9-22(13-18)37-25(19(2)36-28-27-24(34-17-35-28)11-6-12-31-27)14-20-8-5-10-23(26(20)29(37)38)21-15-32-30(39-3)33-16-21;1-19(14-26-29-25(12-7-13-33-29)34-20(2)35-26)27-15-21-8-6-11-24(22-16-31-18-32-17-22)28(21)30(37)36(27)23-9-4-3-5-10-23;1-15(28-23-22-19(12-7-13-27-22)29-25(30-23)33-2)20-14-16-8-6-11-18(26)21(16)24(32)31(20)17-9-4-3-5-10-17/h4-18H,1-3H3,(H,34,35,36);4-17,19H,1-3H3,(H,34,35,36);3-13,15-19H,14H2,1-2H3;3-15H,1-2H3,(H,28,29,30)/t18-;2*19-;15-/m0010/s1. The van der Waals surface area contributed by atoms with E-state index in [1.807, 2.05) is 288 Å². The van der Waals surface area contributed by atoms with Gasteiger partial charge in [0.05, 0.1) is 101 Å². The second-order valence-electron chi connectivity index (χ2n) is 35.0. The molecule has 0 spiro atoms. The molecule has 734 valence electrons. The fourth-order valence-electron chi connectivity index (χ4n) is 18.5. The maximum Gasteiger partial charge on any atom is 0.318 e. The number of aromatic nitrogens is 22. The number of hydrogen-bond acceptors (Lipinski definition) is 29. The number of ether oxygens (including phenoxy) is 4. The van der Waals surface area contributed by atoms with E-state index in [0.29, 0.717) is 89.4 Å². The first kappa shape index (κ1) is 97.1. The number of nitrogens with zero attached hydrogens (tertiary/aromatic N) is 22. The molecule has 0 unspecified atom stereocenters. The molecule has 4 atom stereocenters. The molecule has 15 aromatic heterocycles. The topological polar surface area (TPSA) is 393 Å². The Morgan fingerprint density at radius 3 is 1.11 bits per heavy atom. The number of aryl methyl sites for hydroxylation is 2. The van der Waals surface area contributed by atoms with Gasteiger partial charge in [0, 0.05) is 137 Å². The van der Waals surface area contributed by atoms with Crippen LogP contribution in [0.5, 0.6) is 24.0 Å². The van der Waals surface area contributed by atoms with E-state index in [2.05, 4.69) is 114 Å². The Kier molecular flexibility index (Phi) is 28.1. The van der Waals surface area contributed by atoms with Crippen molar-refractivity contribution in [3.63, 3.8) is 0 Å². The summed E-state index contributed by atoms with van der Waals surface area (Å²) in [5.74, 6) is 2.30. The molecule has 0 aliphatic rings. The minimum Gasteiger partial charge on any atom is -0.467 e. The van der Waals surface area contributed by atoms with Gasteiger partial charge >= 0.3 is 24.0 Å². The van der Waals surface area contributed by atoms with E-state index in [-0.39, 0.29) is 70.3 Å². The normalized spacial score (nSPS) is 12.0. The van der Waals surface area contributed by atoms with Crippen LogP contribution in [0.3, 0.4) is 0 Å². The van der Waals surface area contributed by atoms with E-state index >= 15 is 0 Å². The lowest BCUT2D eigenvalue weighted by atomic mass is 9.95. The van der Waals surface area contributed by atoms with Gasteiger partial charge in [-0.15, -0.1) is 0 Å². The minimum absolute atomic E-state index is 0.0273. The van der Waals surface area contributed by atoms with Crippen molar-refractivity contribution in [3.05, 3.63) is 422 Å². The van der Waals surface area contributed by atoms with Gasteiger partial charge in [-0.1, -0.05) is 152 Å². The van der Waals surface area contributed by atoms with Crippen molar-refractivity contribution in [3.8, 4) is 80.2 Å². The van der Waals surface area contributed by atoms with Crippen molar-refractivity contribution in [2.45, 2.75) is 72.0 Å². The van der Waals surface area contributed by atoms with Crippen LogP contribution in [0.1, 0.15) is 91.6 Å². The van der Waals surface area contributed by atoms with Crippen LogP contribution in [0.25, 0.3) is 143 Å². The quantitative estimate of drug-likeness (QED) is 0.0535. The van der Waals surface area contributed by atoms with E-state index in [1.54, 1.807) is 81.7 Å². The number of halogens is 1. The smallest absolute Gasteiger partial charge is 0.318 e. The zero-order chi connectivity index (χ0) is 103. The molecular weight excluding hydrogens is 1890 g/mol. The lowest BCUT2D eigenvalue weighted by Gasteiger charge is -2.22. The summed E-state index contributed by atoms with van der Waals surface area (Å²) >= 11 is 6.41. The molecule has 0 amide bonds.